The highest BCUT2D eigenvalue weighted by Crippen LogP contribution is 2.46. The molecule has 0 N–H and O–H groups in total. The number of hydrogen-bond acceptors (Lipinski definition) is 4. The molecule has 1 unspecified atom stereocenters. The number of allylic oxidation sites excluding steroid dienone is 6. The summed E-state index contributed by atoms with van der Waals surface area (Å²) in [5, 5.41) is 7.02. The van der Waals surface area contributed by atoms with E-state index >= 15 is 0 Å². The molecule has 0 aliphatic heterocycles. The molecule has 69 heavy (non-hydrogen) atoms. The van der Waals surface area contributed by atoms with Crippen LogP contribution >= 0.6 is 22.7 Å². The molecule has 13 rings (SSSR count). The molecule has 1 atom stereocenters. The van der Waals surface area contributed by atoms with Crippen LogP contribution < -0.4 is 0 Å². The molecule has 0 radical (unpaired) electrons. The minimum Gasteiger partial charge on any atom is -0.236 e. The van der Waals surface area contributed by atoms with Crippen molar-refractivity contribution in [2.75, 3.05) is 0 Å². The molecule has 0 saturated heterocycles. The van der Waals surface area contributed by atoms with Crippen molar-refractivity contribution in [3.63, 3.8) is 0 Å². The van der Waals surface area contributed by atoms with E-state index in [9.17, 15) is 0 Å². The van der Waals surface area contributed by atoms with Gasteiger partial charge in [0.25, 0.3) is 0 Å². The number of hydrogen-bond donors (Lipinski definition) is 0. The first-order valence-electron chi connectivity index (χ1n) is 23.4. The molecule has 2 nitrogen and oxygen atoms in total. The molecule has 0 spiro atoms. The SMILES string of the molecule is C1=CC(c2c3ccc(-c4ccc(-c5nc6ccccc6s5)cc4)cc3c(-c3ccc(-c4ccccc4)cc3)c3ccc(-c4ccc(-c5nc6ccccc6s5)cc4)cc23)C=CC(c2ccccc2)=C1. The van der Waals surface area contributed by atoms with Gasteiger partial charge in [0.05, 0.1) is 20.4 Å². The van der Waals surface area contributed by atoms with E-state index in [1.54, 1.807) is 22.7 Å². The lowest BCUT2D eigenvalue weighted by molar-refractivity contribution is 1.12. The fraction of sp³-hybridized carbons (Fsp3) is 0.0154. The first kappa shape index (κ1) is 41.0. The van der Waals surface area contributed by atoms with Crippen molar-refractivity contribution in [1.82, 2.24) is 9.97 Å². The molecule has 12 aromatic rings. The second-order valence-corrected chi connectivity index (χ2v) is 19.7. The minimum atomic E-state index is 0.0116. The van der Waals surface area contributed by atoms with Crippen molar-refractivity contribution < 1.29 is 0 Å². The van der Waals surface area contributed by atoms with Crippen molar-refractivity contribution in [1.29, 1.82) is 0 Å². The number of thiazole rings is 2. The van der Waals surface area contributed by atoms with Gasteiger partial charge in [0, 0.05) is 17.0 Å². The van der Waals surface area contributed by atoms with Gasteiger partial charge in [-0.2, -0.15) is 0 Å². The second-order valence-electron chi connectivity index (χ2n) is 17.6. The smallest absolute Gasteiger partial charge is 0.124 e. The van der Waals surface area contributed by atoms with Gasteiger partial charge in [0.2, 0.25) is 0 Å². The van der Waals surface area contributed by atoms with Crippen LogP contribution in [0.15, 0.2) is 249 Å². The van der Waals surface area contributed by atoms with Crippen LogP contribution in [0, 0.1) is 0 Å². The quantitative estimate of drug-likeness (QED) is 0.142. The molecule has 4 heteroatoms. The third kappa shape index (κ3) is 7.70. The van der Waals surface area contributed by atoms with E-state index in [1.807, 2.05) is 0 Å². The van der Waals surface area contributed by atoms with Gasteiger partial charge in [0.15, 0.2) is 0 Å². The van der Waals surface area contributed by atoms with Gasteiger partial charge in [-0.1, -0.05) is 212 Å². The Balaban J connectivity index is 0.993. The summed E-state index contributed by atoms with van der Waals surface area (Å²) in [7, 11) is 0. The van der Waals surface area contributed by atoms with E-state index in [2.05, 4.69) is 249 Å². The Morgan fingerprint density at radius 2 is 0.783 bits per heavy atom. The maximum atomic E-state index is 4.96. The maximum absolute atomic E-state index is 4.96. The average molecular weight is 915 g/mol. The predicted octanol–water partition coefficient (Wildman–Crippen LogP) is 18.5. The Morgan fingerprint density at radius 1 is 0.333 bits per heavy atom. The zero-order valence-corrected chi connectivity index (χ0v) is 39.1. The Kier molecular flexibility index (Phi) is 10.3. The summed E-state index contributed by atoms with van der Waals surface area (Å²) in [6, 6.07) is 79.4. The van der Waals surface area contributed by atoms with E-state index in [1.165, 1.54) is 92.2 Å². The summed E-state index contributed by atoms with van der Waals surface area (Å²) >= 11 is 3.48. The monoisotopic (exact) mass is 914 g/mol. The summed E-state index contributed by atoms with van der Waals surface area (Å²) in [6.07, 6.45) is 11.5. The first-order valence-corrected chi connectivity index (χ1v) is 25.0. The fourth-order valence-corrected chi connectivity index (χ4v) is 11.9. The highest BCUT2D eigenvalue weighted by Gasteiger charge is 2.22. The number of fused-ring (bicyclic) bond motifs is 4. The second kappa shape index (κ2) is 17.4. The van der Waals surface area contributed by atoms with Crippen LogP contribution in [0.2, 0.25) is 0 Å². The molecule has 0 fully saturated rings. The molecule has 0 bridgehead atoms. The number of nitrogens with zero attached hydrogens (tertiary/aromatic N) is 2. The van der Waals surface area contributed by atoms with Crippen molar-refractivity contribution in [2.24, 2.45) is 0 Å². The van der Waals surface area contributed by atoms with Crippen molar-refractivity contribution in [3.8, 4) is 65.6 Å². The highest BCUT2D eigenvalue weighted by molar-refractivity contribution is 7.22. The van der Waals surface area contributed by atoms with Gasteiger partial charge in [-0.3, -0.25) is 0 Å². The Labute approximate surface area is 409 Å². The minimum absolute atomic E-state index is 0.0116. The zero-order chi connectivity index (χ0) is 45.7. The number of aromatic nitrogens is 2. The van der Waals surface area contributed by atoms with Gasteiger partial charge in [-0.25, -0.2) is 9.97 Å². The summed E-state index contributed by atoms with van der Waals surface area (Å²) in [5.74, 6) is 0.0116. The van der Waals surface area contributed by atoms with E-state index in [0.29, 0.717) is 0 Å². The lowest BCUT2D eigenvalue weighted by atomic mass is 9.81. The standard InChI is InChI=1S/C65H42N2S2/c1-3-12-42(13-4-1)44-16-11-17-48(29-22-44)62-54-38-36-53(47-27-34-51(35-28-47)65-67-59-19-8-10-21-61(59)69-65)41-57(54)63(49-30-23-45(24-31-49)43-14-5-2-6-15-43)55-39-37-52(40-56(55)62)46-25-32-50(33-26-46)64-66-58-18-7-9-20-60(58)68-64/h1-41,48H. The van der Waals surface area contributed by atoms with Crippen molar-refractivity contribution >= 4 is 70.2 Å². The lowest BCUT2D eigenvalue weighted by Crippen LogP contribution is -1.99. The third-order valence-corrected chi connectivity index (χ3v) is 15.6. The first-order chi connectivity index (χ1) is 34.2. The summed E-state index contributed by atoms with van der Waals surface area (Å²) in [6.45, 7) is 0. The zero-order valence-electron chi connectivity index (χ0n) is 37.5. The normalized spacial score (nSPS) is 13.6. The molecule has 10 aromatic carbocycles. The Morgan fingerprint density at radius 3 is 1.36 bits per heavy atom. The van der Waals surface area contributed by atoms with E-state index in [0.717, 1.165) is 32.2 Å². The van der Waals surface area contributed by atoms with Crippen LogP contribution in [-0.2, 0) is 0 Å². The summed E-state index contributed by atoms with van der Waals surface area (Å²) in [5.41, 5.74) is 17.6. The van der Waals surface area contributed by atoms with E-state index in [-0.39, 0.29) is 5.92 Å². The number of benzene rings is 10. The largest absolute Gasteiger partial charge is 0.236 e. The lowest BCUT2D eigenvalue weighted by Gasteiger charge is -2.22. The van der Waals surface area contributed by atoms with Crippen LogP contribution in [0.1, 0.15) is 17.0 Å². The van der Waals surface area contributed by atoms with Gasteiger partial charge in [-0.15, -0.1) is 22.7 Å². The topological polar surface area (TPSA) is 25.8 Å². The molecule has 324 valence electrons. The van der Waals surface area contributed by atoms with Gasteiger partial charge in [-0.05, 0) is 119 Å². The highest BCUT2D eigenvalue weighted by atomic mass is 32.1. The van der Waals surface area contributed by atoms with Gasteiger partial charge >= 0.3 is 0 Å². The molecular formula is C65H42N2S2. The van der Waals surface area contributed by atoms with Gasteiger partial charge in [0.1, 0.15) is 10.0 Å². The van der Waals surface area contributed by atoms with Crippen molar-refractivity contribution in [3.05, 3.63) is 260 Å². The van der Waals surface area contributed by atoms with Gasteiger partial charge < -0.3 is 0 Å². The van der Waals surface area contributed by atoms with Crippen molar-refractivity contribution in [2.45, 2.75) is 5.92 Å². The summed E-state index contributed by atoms with van der Waals surface area (Å²) < 4.78 is 2.41. The van der Waals surface area contributed by atoms with Crippen LogP contribution in [-0.4, -0.2) is 9.97 Å². The molecule has 1 aliphatic carbocycles. The molecule has 0 amide bonds. The van der Waals surface area contributed by atoms with E-state index < -0.39 is 0 Å². The Hall–Kier alpha value is -8.28. The molecule has 2 aromatic heterocycles. The molecule has 1 aliphatic rings. The van der Waals surface area contributed by atoms with Crippen LogP contribution in [0.4, 0.5) is 0 Å². The average Bonchev–Trinajstić information content (AvgIpc) is 3.99. The molecular weight excluding hydrogens is 873 g/mol. The third-order valence-electron chi connectivity index (χ3n) is 13.5. The summed E-state index contributed by atoms with van der Waals surface area (Å²) in [4.78, 5) is 9.92. The maximum Gasteiger partial charge on any atom is 0.124 e. The molecule has 0 saturated carbocycles. The number of para-hydroxylation sites is 2. The Bertz CT molecular complexity index is 3900. The predicted molar refractivity (Wildman–Crippen MR) is 296 cm³/mol. The molecule has 2 heterocycles. The van der Waals surface area contributed by atoms with Crippen LogP contribution in [0.25, 0.3) is 113 Å². The van der Waals surface area contributed by atoms with Crippen LogP contribution in [0.5, 0.6) is 0 Å². The van der Waals surface area contributed by atoms with Crippen LogP contribution in [0.3, 0.4) is 0 Å². The number of rotatable bonds is 8. The fourth-order valence-electron chi connectivity index (χ4n) is 9.97. The van der Waals surface area contributed by atoms with E-state index in [4.69, 9.17) is 9.97 Å².